The van der Waals surface area contributed by atoms with E-state index in [0.717, 1.165) is 24.8 Å². The third-order valence-electron chi connectivity index (χ3n) is 3.83. The Bertz CT molecular complexity index is 243. The van der Waals surface area contributed by atoms with E-state index in [1.807, 2.05) is 0 Å². The highest BCUT2D eigenvalue weighted by Crippen LogP contribution is 2.23. The van der Waals surface area contributed by atoms with E-state index in [9.17, 15) is 0 Å². The second-order valence-electron chi connectivity index (χ2n) is 5.69. The Balaban J connectivity index is 3.29. The predicted molar refractivity (Wildman–Crippen MR) is 90.6 cm³/mol. The molecule has 0 fully saturated rings. The maximum atomic E-state index is 4.95. The van der Waals surface area contributed by atoms with Crippen molar-refractivity contribution in [1.82, 2.24) is 60.8 Å². The molecule has 0 aromatic carbocycles. The summed E-state index contributed by atoms with van der Waals surface area (Å²) >= 11 is 0. The van der Waals surface area contributed by atoms with Crippen LogP contribution in [0, 0.1) is 17.8 Å². The lowest BCUT2D eigenvalue weighted by Gasteiger charge is -2.23. The summed E-state index contributed by atoms with van der Waals surface area (Å²) < 4.78 is 0. The average Bonchev–Trinajstić information content (AvgIpc) is 2.55. The third kappa shape index (κ3) is 14.8. The van der Waals surface area contributed by atoms with Gasteiger partial charge in [-0.25, -0.2) is 5.43 Å². The molecule has 12 heteroatoms. The number of nitrogens with two attached hydrogens (primary N) is 1. The predicted octanol–water partition coefficient (Wildman–Crippen LogP) is -2.41. The fourth-order valence-corrected chi connectivity index (χ4v) is 1.98. The average molecular weight is 336 g/mol. The van der Waals surface area contributed by atoms with E-state index in [4.69, 9.17) is 5.84 Å². The zero-order chi connectivity index (χ0) is 17.3. The molecule has 0 aliphatic rings. The summed E-state index contributed by atoms with van der Waals surface area (Å²) in [7, 11) is 0. The summed E-state index contributed by atoms with van der Waals surface area (Å²) in [5, 5.41) is 0. The minimum absolute atomic E-state index is 0.699. The Kier molecular flexibility index (Phi) is 16.0. The van der Waals surface area contributed by atoms with Gasteiger partial charge < -0.3 is 0 Å². The maximum Gasteiger partial charge on any atom is 0.0116 e. The summed E-state index contributed by atoms with van der Waals surface area (Å²) in [6, 6.07) is 0. The molecule has 23 heavy (non-hydrogen) atoms. The van der Waals surface area contributed by atoms with Gasteiger partial charge in [0.1, 0.15) is 0 Å². The summed E-state index contributed by atoms with van der Waals surface area (Å²) in [5.41, 5.74) is 28.5. The molecule has 3 unspecified atom stereocenters. The number of hydrazine groups is 11. The molecule has 13 N–H and O–H groups in total. The van der Waals surface area contributed by atoms with E-state index in [1.165, 1.54) is 12.8 Å². The molecule has 0 aliphatic carbocycles. The minimum Gasteiger partial charge on any atom is -0.257 e. The SMILES string of the molecule is CCC(C)CC(C)C(C)CCNNNNNNNNNNNN. The largest absolute Gasteiger partial charge is 0.257 e. The lowest BCUT2D eigenvalue weighted by atomic mass is 9.85. The van der Waals surface area contributed by atoms with Crippen molar-refractivity contribution in [2.75, 3.05) is 6.54 Å². The van der Waals surface area contributed by atoms with Crippen LogP contribution in [0.4, 0.5) is 0 Å². The van der Waals surface area contributed by atoms with Crippen molar-refractivity contribution < 1.29 is 0 Å². The van der Waals surface area contributed by atoms with E-state index in [1.54, 1.807) is 0 Å². The molecule has 0 bridgehead atoms. The van der Waals surface area contributed by atoms with Crippen molar-refractivity contribution in [3.63, 3.8) is 0 Å². The molecule has 12 nitrogen and oxygen atoms in total. The Morgan fingerprint density at radius 2 is 1.26 bits per heavy atom. The summed E-state index contributed by atoms with van der Waals surface area (Å²) in [5.74, 6) is 7.20. The molecule has 0 radical (unpaired) electrons. The van der Waals surface area contributed by atoms with Crippen molar-refractivity contribution >= 4 is 0 Å². The van der Waals surface area contributed by atoms with Gasteiger partial charge in [-0.3, -0.25) is 5.84 Å². The van der Waals surface area contributed by atoms with Crippen LogP contribution in [0.2, 0.25) is 0 Å². The first-order chi connectivity index (χ1) is 11.1. The highest BCUT2D eigenvalue weighted by atomic mass is 16.0. The van der Waals surface area contributed by atoms with Crippen molar-refractivity contribution in [3.05, 3.63) is 0 Å². The van der Waals surface area contributed by atoms with Gasteiger partial charge in [0.2, 0.25) is 0 Å². The van der Waals surface area contributed by atoms with Crippen LogP contribution in [0.3, 0.4) is 0 Å². The van der Waals surface area contributed by atoms with Gasteiger partial charge in [0, 0.05) is 6.54 Å². The van der Waals surface area contributed by atoms with Crippen molar-refractivity contribution in [1.29, 1.82) is 0 Å². The molecule has 0 rings (SSSR count). The standard InChI is InChI=1S/C11H36N12/c1-5-9(2)8-11(4)10(3)6-7-13-15-17-19-21-23-22-20-18-16-14-12/h9-11,13-23H,5-8,12H2,1-4H3. The van der Waals surface area contributed by atoms with Gasteiger partial charge in [0.05, 0.1) is 0 Å². The molecule has 0 heterocycles. The molecule has 0 spiro atoms. The summed E-state index contributed by atoms with van der Waals surface area (Å²) in [4.78, 5) is 0. The normalized spacial score (nSPS) is 15.5. The number of rotatable bonds is 17. The number of hydrogen-bond donors (Lipinski definition) is 12. The van der Waals surface area contributed by atoms with Gasteiger partial charge in [-0.1, -0.05) is 34.1 Å². The summed E-state index contributed by atoms with van der Waals surface area (Å²) in [6.45, 7) is 10.1. The highest BCUT2D eigenvalue weighted by Gasteiger charge is 2.14. The zero-order valence-corrected chi connectivity index (χ0v) is 14.6. The molecule has 3 atom stereocenters. The Morgan fingerprint density at radius 3 is 1.78 bits per heavy atom. The van der Waals surface area contributed by atoms with Gasteiger partial charge in [-0.2, -0.15) is 55.3 Å². The van der Waals surface area contributed by atoms with Crippen LogP contribution in [-0.2, 0) is 0 Å². The minimum atomic E-state index is 0.699. The lowest BCUT2D eigenvalue weighted by molar-refractivity contribution is 0.222. The molecular formula is C11H36N12. The van der Waals surface area contributed by atoms with E-state index >= 15 is 0 Å². The first kappa shape index (κ1) is 22.5. The molecular weight excluding hydrogens is 300 g/mol. The van der Waals surface area contributed by atoms with Crippen LogP contribution in [-0.4, -0.2) is 6.54 Å². The fourth-order valence-electron chi connectivity index (χ4n) is 1.98. The van der Waals surface area contributed by atoms with E-state index < -0.39 is 0 Å². The van der Waals surface area contributed by atoms with Crippen LogP contribution < -0.4 is 66.6 Å². The molecule has 140 valence electrons. The van der Waals surface area contributed by atoms with E-state index in [-0.39, 0.29) is 0 Å². The smallest absolute Gasteiger partial charge is 0.0116 e. The van der Waals surface area contributed by atoms with Gasteiger partial charge in [-0.15, -0.1) is 0 Å². The van der Waals surface area contributed by atoms with Crippen LogP contribution >= 0.6 is 0 Å². The number of nitrogens with one attached hydrogen (secondary N) is 11. The highest BCUT2D eigenvalue weighted by molar-refractivity contribution is 4.65. The fraction of sp³-hybridized carbons (Fsp3) is 1.00. The maximum absolute atomic E-state index is 4.95. The summed E-state index contributed by atoms with van der Waals surface area (Å²) in [6.07, 6.45) is 3.68. The lowest BCUT2D eigenvalue weighted by Crippen LogP contribution is -2.66. The second-order valence-corrected chi connectivity index (χ2v) is 5.69. The van der Waals surface area contributed by atoms with Crippen LogP contribution in [0.15, 0.2) is 0 Å². The molecule has 0 aromatic heterocycles. The Morgan fingerprint density at radius 1 is 0.739 bits per heavy atom. The van der Waals surface area contributed by atoms with Gasteiger partial charge >= 0.3 is 0 Å². The van der Waals surface area contributed by atoms with Gasteiger partial charge in [-0.05, 0) is 30.6 Å². The van der Waals surface area contributed by atoms with Crippen molar-refractivity contribution in [3.8, 4) is 0 Å². The zero-order valence-electron chi connectivity index (χ0n) is 14.6. The first-order valence-corrected chi connectivity index (χ1v) is 8.05. The van der Waals surface area contributed by atoms with Crippen LogP contribution in [0.5, 0.6) is 0 Å². The molecule has 0 amide bonds. The molecule has 0 aromatic rings. The van der Waals surface area contributed by atoms with E-state index in [0.29, 0.717) is 5.92 Å². The molecule has 0 saturated carbocycles. The van der Waals surface area contributed by atoms with Crippen molar-refractivity contribution in [2.24, 2.45) is 23.6 Å². The van der Waals surface area contributed by atoms with Crippen LogP contribution in [0.1, 0.15) is 47.0 Å². The topological polar surface area (TPSA) is 158 Å². The molecule has 0 aliphatic heterocycles. The molecule has 0 saturated heterocycles. The third-order valence-corrected chi connectivity index (χ3v) is 3.83. The van der Waals surface area contributed by atoms with Gasteiger partial charge in [0.15, 0.2) is 0 Å². The van der Waals surface area contributed by atoms with E-state index in [2.05, 4.69) is 88.5 Å². The van der Waals surface area contributed by atoms with Crippen LogP contribution in [0.25, 0.3) is 0 Å². The first-order valence-electron chi connectivity index (χ1n) is 8.05. The Labute approximate surface area is 138 Å². The van der Waals surface area contributed by atoms with Gasteiger partial charge in [0.25, 0.3) is 0 Å². The number of hydrogen-bond acceptors (Lipinski definition) is 12. The quantitative estimate of drug-likeness (QED) is 0.0776. The second kappa shape index (κ2) is 16.4. The van der Waals surface area contributed by atoms with Crippen molar-refractivity contribution in [2.45, 2.75) is 47.0 Å². The Hall–Kier alpha value is -0.480. The monoisotopic (exact) mass is 336 g/mol.